The second kappa shape index (κ2) is 2.57. The summed E-state index contributed by atoms with van der Waals surface area (Å²) in [4.78, 5) is 9.39. The van der Waals surface area contributed by atoms with Crippen LogP contribution in [0.3, 0.4) is 0 Å². The van der Waals surface area contributed by atoms with Gasteiger partial charge in [0.25, 0.3) is 9.84 Å². The van der Waals surface area contributed by atoms with Crippen LogP contribution in [0.4, 0.5) is 13.2 Å². The van der Waals surface area contributed by atoms with Gasteiger partial charge in [-0.1, -0.05) is 0 Å². The minimum atomic E-state index is -5.31. The number of rotatable bonds is 2. The Hall–Kier alpha value is -0.590. The molecular weight excluding hydrogens is 173 g/mol. The van der Waals surface area contributed by atoms with E-state index >= 15 is 0 Å². The van der Waals surface area contributed by atoms with Crippen LogP contribution >= 0.6 is 0 Å². The number of alkyl halides is 3. The van der Waals surface area contributed by atoms with Crippen LogP contribution in [0, 0.1) is 0 Å². The Bertz CT molecular complexity index is 214. The number of sulfone groups is 1. The number of carbonyl (C=O) groups excluding carboxylic acids is 1. The molecule has 0 aromatic heterocycles. The quantitative estimate of drug-likeness (QED) is 0.561. The summed E-state index contributed by atoms with van der Waals surface area (Å²) >= 11 is 0. The Morgan fingerprint density at radius 3 is 1.80 bits per heavy atom. The molecule has 0 amide bonds. The number of aldehydes is 1. The van der Waals surface area contributed by atoms with E-state index in [-0.39, 0.29) is 6.29 Å². The molecule has 0 aromatic carbocycles. The fourth-order valence-electron chi connectivity index (χ4n) is 0.184. The maximum absolute atomic E-state index is 11.3. The van der Waals surface area contributed by atoms with Gasteiger partial charge in [-0.3, -0.25) is 0 Å². The second-order valence-corrected chi connectivity index (χ2v) is 3.42. The fourth-order valence-corrected chi connectivity index (χ4v) is 0.552. The van der Waals surface area contributed by atoms with Crippen LogP contribution < -0.4 is 0 Å². The molecule has 0 saturated heterocycles. The van der Waals surface area contributed by atoms with Crippen LogP contribution in [0.5, 0.6) is 0 Å². The van der Waals surface area contributed by atoms with Crippen molar-refractivity contribution in [2.45, 2.75) is 5.51 Å². The molecule has 3 nitrogen and oxygen atoms in total. The van der Waals surface area contributed by atoms with E-state index in [0.29, 0.717) is 0 Å². The molecule has 0 spiro atoms. The lowest BCUT2D eigenvalue weighted by Gasteiger charge is -2.02. The predicted molar refractivity (Wildman–Crippen MR) is 25.9 cm³/mol. The van der Waals surface area contributed by atoms with Gasteiger partial charge in [-0.15, -0.1) is 0 Å². The van der Waals surface area contributed by atoms with E-state index in [9.17, 15) is 26.4 Å². The zero-order chi connectivity index (χ0) is 8.41. The van der Waals surface area contributed by atoms with Crippen molar-refractivity contribution in [1.82, 2.24) is 0 Å². The number of halogens is 3. The summed E-state index contributed by atoms with van der Waals surface area (Å²) in [5, 5.41) is 0. The predicted octanol–water partition coefficient (Wildman–Crippen LogP) is 0.120. The molecule has 0 saturated carbocycles. The van der Waals surface area contributed by atoms with Gasteiger partial charge in [0, 0.05) is 0 Å². The standard InChI is InChI=1S/C3H3F3O3S/c4-3(5,6)10(8,9)2-1-7/h1H,2H2. The van der Waals surface area contributed by atoms with Crippen molar-refractivity contribution in [2.75, 3.05) is 5.75 Å². The first-order chi connectivity index (χ1) is 4.31. The van der Waals surface area contributed by atoms with E-state index in [1.807, 2.05) is 0 Å². The lowest BCUT2D eigenvalue weighted by atomic mass is 10.9. The Morgan fingerprint density at radius 1 is 1.30 bits per heavy atom. The van der Waals surface area contributed by atoms with Gasteiger partial charge in [-0.25, -0.2) is 8.42 Å². The number of hydrogen-bond donors (Lipinski definition) is 0. The lowest BCUT2D eigenvalue weighted by Crippen LogP contribution is -2.26. The lowest BCUT2D eigenvalue weighted by molar-refractivity contribution is -0.106. The zero-order valence-electron chi connectivity index (χ0n) is 4.55. The first-order valence-electron chi connectivity index (χ1n) is 2.04. The molecule has 0 aliphatic rings. The smallest absolute Gasteiger partial charge is 0.302 e. The van der Waals surface area contributed by atoms with E-state index < -0.39 is 21.1 Å². The van der Waals surface area contributed by atoms with Gasteiger partial charge in [-0.05, 0) is 0 Å². The molecule has 0 unspecified atom stereocenters. The first kappa shape index (κ1) is 9.41. The van der Waals surface area contributed by atoms with Crippen molar-refractivity contribution in [3.05, 3.63) is 0 Å². The topological polar surface area (TPSA) is 51.2 Å². The van der Waals surface area contributed by atoms with Gasteiger partial charge >= 0.3 is 5.51 Å². The first-order valence-corrected chi connectivity index (χ1v) is 3.69. The minimum Gasteiger partial charge on any atom is -0.302 e. The summed E-state index contributed by atoms with van der Waals surface area (Å²) in [6.45, 7) is 0. The minimum absolute atomic E-state index is 0.303. The van der Waals surface area contributed by atoms with Crippen molar-refractivity contribution in [2.24, 2.45) is 0 Å². The van der Waals surface area contributed by atoms with E-state index in [0.717, 1.165) is 0 Å². The summed E-state index contributed by atoms with van der Waals surface area (Å²) in [7, 11) is -5.22. The van der Waals surface area contributed by atoms with Crippen LogP contribution in [0.1, 0.15) is 0 Å². The van der Waals surface area contributed by atoms with Crippen molar-refractivity contribution in [1.29, 1.82) is 0 Å². The SMILES string of the molecule is O=CCS(=O)(=O)C(F)(F)F. The van der Waals surface area contributed by atoms with Gasteiger partial charge in [0.05, 0.1) is 0 Å². The average Bonchev–Trinajstić information content (AvgIpc) is 1.61. The van der Waals surface area contributed by atoms with E-state index in [2.05, 4.69) is 0 Å². The largest absolute Gasteiger partial charge is 0.497 e. The van der Waals surface area contributed by atoms with Gasteiger partial charge < -0.3 is 4.79 Å². The molecule has 0 bridgehead atoms. The van der Waals surface area contributed by atoms with E-state index in [4.69, 9.17) is 0 Å². The molecule has 0 heterocycles. The summed E-state index contributed by atoms with van der Waals surface area (Å²) in [6, 6.07) is 0. The van der Waals surface area contributed by atoms with Crippen molar-refractivity contribution in [3.8, 4) is 0 Å². The average molecular weight is 176 g/mol. The summed E-state index contributed by atoms with van der Waals surface area (Å²) in [6.07, 6.45) is -0.303. The van der Waals surface area contributed by atoms with Crippen LogP contribution in [-0.2, 0) is 14.6 Å². The number of hydrogen-bond acceptors (Lipinski definition) is 3. The fraction of sp³-hybridized carbons (Fsp3) is 0.667. The third kappa shape index (κ3) is 1.98. The highest BCUT2D eigenvalue weighted by Gasteiger charge is 2.44. The molecule has 0 N–H and O–H groups in total. The van der Waals surface area contributed by atoms with Gasteiger partial charge in [-0.2, -0.15) is 13.2 Å². The summed E-state index contributed by atoms with van der Waals surface area (Å²) in [5.41, 5.74) is -5.31. The van der Waals surface area contributed by atoms with Crippen LogP contribution in [-0.4, -0.2) is 26.0 Å². The molecule has 0 atom stereocenters. The van der Waals surface area contributed by atoms with E-state index in [1.165, 1.54) is 0 Å². The van der Waals surface area contributed by atoms with Gasteiger partial charge in [0.1, 0.15) is 12.0 Å². The Balaban J connectivity index is 4.59. The molecule has 0 aliphatic carbocycles. The van der Waals surface area contributed by atoms with E-state index in [1.54, 1.807) is 0 Å². The van der Waals surface area contributed by atoms with Gasteiger partial charge in [0.15, 0.2) is 0 Å². The van der Waals surface area contributed by atoms with Crippen molar-refractivity contribution in [3.63, 3.8) is 0 Å². The van der Waals surface area contributed by atoms with Crippen LogP contribution in [0.25, 0.3) is 0 Å². The molecule has 0 rings (SSSR count). The van der Waals surface area contributed by atoms with Gasteiger partial charge in [0.2, 0.25) is 0 Å². The van der Waals surface area contributed by atoms with Crippen LogP contribution in [0.15, 0.2) is 0 Å². The number of carbonyl (C=O) groups is 1. The molecule has 0 aromatic rings. The molecule has 7 heteroatoms. The highest BCUT2D eigenvalue weighted by atomic mass is 32.2. The molecule has 0 fully saturated rings. The molecule has 60 valence electrons. The third-order valence-electron chi connectivity index (χ3n) is 0.640. The Morgan fingerprint density at radius 2 is 1.70 bits per heavy atom. The summed E-state index contributed by atoms with van der Waals surface area (Å²) in [5.74, 6) is -1.50. The highest BCUT2D eigenvalue weighted by molar-refractivity contribution is 7.92. The second-order valence-electron chi connectivity index (χ2n) is 1.39. The normalized spacial score (nSPS) is 13.1. The zero-order valence-corrected chi connectivity index (χ0v) is 5.37. The maximum Gasteiger partial charge on any atom is 0.497 e. The monoisotopic (exact) mass is 176 g/mol. The molecule has 0 aliphatic heterocycles. The maximum atomic E-state index is 11.3. The van der Waals surface area contributed by atoms with Crippen LogP contribution in [0.2, 0.25) is 0 Å². The molecular formula is C3H3F3O3S. The molecule has 0 radical (unpaired) electrons. The Labute approximate surface area is 54.8 Å². The summed E-state index contributed by atoms with van der Waals surface area (Å²) < 4.78 is 53.6. The third-order valence-corrected chi connectivity index (χ3v) is 1.92. The van der Waals surface area contributed by atoms with Crippen molar-refractivity contribution < 1.29 is 26.4 Å². The molecule has 10 heavy (non-hydrogen) atoms. The Kier molecular flexibility index (Phi) is 2.42. The highest BCUT2D eigenvalue weighted by Crippen LogP contribution is 2.22. The van der Waals surface area contributed by atoms with Crippen molar-refractivity contribution >= 4 is 16.1 Å².